The summed E-state index contributed by atoms with van der Waals surface area (Å²) in [4.78, 5) is 13.4. The van der Waals surface area contributed by atoms with E-state index in [0.29, 0.717) is 24.2 Å². The third kappa shape index (κ3) is 2.25. The van der Waals surface area contributed by atoms with Crippen LogP contribution >= 0.6 is 0 Å². The lowest BCUT2D eigenvalue weighted by molar-refractivity contribution is -0.119. The maximum absolute atomic E-state index is 13.9. The predicted octanol–water partition coefficient (Wildman–Crippen LogP) is 4.37. The Morgan fingerprint density at radius 3 is 2.22 bits per heavy atom. The van der Waals surface area contributed by atoms with Crippen molar-refractivity contribution in [3.8, 4) is 0 Å². The molecule has 2 aliphatic rings. The molecule has 0 amide bonds. The van der Waals surface area contributed by atoms with Crippen LogP contribution in [0.25, 0.3) is 0 Å². The lowest BCUT2D eigenvalue weighted by atomic mass is 9.90. The summed E-state index contributed by atoms with van der Waals surface area (Å²) >= 11 is 0. The zero-order valence-electron chi connectivity index (χ0n) is 16.4. The fourth-order valence-electron chi connectivity index (χ4n) is 5.90. The summed E-state index contributed by atoms with van der Waals surface area (Å²) in [6.45, 7) is 7.65. The average Bonchev–Trinajstić information content (AvgIpc) is 2.89. The third-order valence-electron chi connectivity index (χ3n) is 6.81. The van der Waals surface area contributed by atoms with Gasteiger partial charge in [0.2, 0.25) is 0 Å². The van der Waals surface area contributed by atoms with Gasteiger partial charge in [0, 0.05) is 11.8 Å². The maximum Gasteiger partial charge on any atom is 0.192 e. The Labute approximate surface area is 161 Å². The minimum atomic E-state index is -3.77. The van der Waals surface area contributed by atoms with Crippen LogP contribution in [0, 0.1) is 32.1 Å². The van der Waals surface area contributed by atoms with E-state index in [1.165, 1.54) is 0 Å². The molecule has 2 aromatic rings. The van der Waals surface area contributed by atoms with E-state index in [4.69, 9.17) is 0 Å². The van der Waals surface area contributed by atoms with Crippen molar-refractivity contribution in [2.75, 3.05) is 0 Å². The number of Topliss-reactive ketones (excluding diaryl/α,β-unsaturated/α-hetero) is 1. The molecule has 3 nitrogen and oxygen atoms in total. The molecular formula is C23H26O3S. The van der Waals surface area contributed by atoms with Crippen LogP contribution in [0.5, 0.6) is 0 Å². The molecule has 0 saturated heterocycles. The molecule has 0 bridgehead atoms. The minimum absolute atomic E-state index is 0.0923. The van der Waals surface area contributed by atoms with E-state index in [2.05, 4.69) is 0 Å². The molecule has 0 spiro atoms. The summed E-state index contributed by atoms with van der Waals surface area (Å²) in [6.07, 6.45) is 1.66. The monoisotopic (exact) mass is 382 g/mol. The van der Waals surface area contributed by atoms with Gasteiger partial charge < -0.3 is 0 Å². The van der Waals surface area contributed by atoms with Crippen molar-refractivity contribution in [2.45, 2.75) is 56.6 Å². The number of fused-ring (bicyclic) bond motifs is 1. The van der Waals surface area contributed by atoms with Crippen LogP contribution in [-0.2, 0) is 21.1 Å². The summed E-state index contributed by atoms with van der Waals surface area (Å²) in [5.74, 6) is -0.187. The van der Waals surface area contributed by atoms with E-state index < -0.39 is 20.0 Å². The molecule has 0 aliphatic heterocycles. The second kappa shape index (κ2) is 5.78. The molecule has 4 heteroatoms. The molecule has 2 aliphatic carbocycles. The van der Waals surface area contributed by atoms with Gasteiger partial charge in [0.1, 0.15) is 4.75 Å². The van der Waals surface area contributed by atoms with Crippen molar-refractivity contribution in [2.24, 2.45) is 11.3 Å². The van der Waals surface area contributed by atoms with Gasteiger partial charge in [-0.25, -0.2) is 8.42 Å². The van der Waals surface area contributed by atoms with Gasteiger partial charge in [-0.05, 0) is 56.2 Å². The van der Waals surface area contributed by atoms with E-state index in [1.54, 1.807) is 0 Å². The van der Waals surface area contributed by atoms with Crippen molar-refractivity contribution in [3.63, 3.8) is 0 Å². The summed E-state index contributed by atoms with van der Waals surface area (Å²) in [5.41, 5.74) is 3.09. The van der Waals surface area contributed by atoms with Gasteiger partial charge in [-0.1, -0.05) is 55.0 Å². The number of benzene rings is 2. The van der Waals surface area contributed by atoms with Crippen molar-refractivity contribution in [1.82, 2.24) is 0 Å². The summed E-state index contributed by atoms with van der Waals surface area (Å²) in [6, 6.07) is 13.7. The quantitative estimate of drug-likeness (QED) is 0.789. The fraction of sp³-hybridized carbons (Fsp3) is 0.435. The molecule has 2 saturated carbocycles. The fourth-order valence-corrected chi connectivity index (χ4v) is 9.12. The Morgan fingerprint density at radius 2 is 1.63 bits per heavy atom. The van der Waals surface area contributed by atoms with Gasteiger partial charge in [-0.2, -0.15) is 0 Å². The predicted molar refractivity (Wildman–Crippen MR) is 107 cm³/mol. The molecule has 4 rings (SSSR count). The van der Waals surface area contributed by atoms with Gasteiger partial charge in [0.05, 0.1) is 4.90 Å². The van der Waals surface area contributed by atoms with Gasteiger partial charge in [-0.3, -0.25) is 4.79 Å². The van der Waals surface area contributed by atoms with Gasteiger partial charge >= 0.3 is 0 Å². The van der Waals surface area contributed by atoms with Gasteiger partial charge in [0.25, 0.3) is 0 Å². The van der Waals surface area contributed by atoms with Crippen LogP contribution in [0.2, 0.25) is 0 Å². The van der Waals surface area contributed by atoms with E-state index in [1.807, 2.05) is 70.2 Å². The molecule has 142 valence electrons. The van der Waals surface area contributed by atoms with Gasteiger partial charge in [-0.15, -0.1) is 0 Å². The first-order chi connectivity index (χ1) is 12.7. The third-order valence-corrected chi connectivity index (χ3v) is 9.82. The molecular weight excluding hydrogens is 356 g/mol. The number of hydrogen-bond donors (Lipinski definition) is 0. The highest BCUT2D eigenvalue weighted by Crippen LogP contribution is 2.74. The number of carbonyl (C=O) groups is 1. The topological polar surface area (TPSA) is 51.2 Å². The van der Waals surface area contributed by atoms with Crippen LogP contribution in [0.3, 0.4) is 0 Å². The van der Waals surface area contributed by atoms with E-state index in [9.17, 15) is 13.2 Å². The summed E-state index contributed by atoms with van der Waals surface area (Å²) in [5, 5.41) is 0. The minimum Gasteiger partial charge on any atom is -0.298 e. The molecule has 0 unspecified atom stereocenters. The second-order valence-corrected chi connectivity index (χ2v) is 10.6. The first-order valence-electron chi connectivity index (χ1n) is 9.56. The van der Waals surface area contributed by atoms with Crippen LogP contribution in [0.4, 0.5) is 0 Å². The molecule has 2 fully saturated rings. The van der Waals surface area contributed by atoms with Gasteiger partial charge in [0.15, 0.2) is 15.6 Å². The zero-order chi connectivity index (χ0) is 19.6. The number of rotatable bonds is 4. The van der Waals surface area contributed by atoms with E-state index in [-0.39, 0.29) is 11.7 Å². The highest BCUT2D eigenvalue weighted by Gasteiger charge is 2.85. The largest absolute Gasteiger partial charge is 0.298 e. The number of hydrogen-bond acceptors (Lipinski definition) is 3. The van der Waals surface area contributed by atoms with Crippen LogP contribution < -0.4 is 0 Å². The lowest BCUT2D eigenvalue weighted by Gasteiger charge is -2.24. The summed E-state index contributed by atoms with van der Waals surface area (Å²) in [7, 11) is -3.77. The van der Waals surface area contributed by atoms with Crippen molar-refractivity contribution in [1.29, 1.82) is 0 Å². The lowest BCUT2D eigenvalue weighted by Crippen LogP contribution is -2.38. The molecule has 0 radical (unpaired) electrons. The molecule has 2 aromatic carbocycles. The number of ketones is 1. The first kappa shape index (κ1) is 18.4. The Morgan fingerprint density at radius 1 is 1.04 bits per heavy atom. The Balaban J connectivity index is 1.87. The van der Waals surface area contributed by atoms with Crippen molar-refractivity contribution < 1.29 is 13.2 Å². The van der Waals surface area contributed by atoms with E-state index in [0.717, 1.165) is 22.3 Å². The second-order valence-electron chi connectivity index (χ2n) is 8.56. The molecule has 3 atom stereocenters. The first-order valence-corrected chi connectivity index (χ1v) is 11.0. The number of aryl methyl sites for hydroxylation is 3. The smallest absolute Gasteiger partial charge is 0.192 e. The standard InChI is InChI=1S/C23H26O3S/c1-15-12-16(2)21(17(3)13-15)27(25,26)23-19(10-11-20(23)24)22(23,4)14-18-8-6-5-7-9-18/h5-9,12-13,19H,10-11,14H2,1-4H3/t19-,22+,23-/m1/s1. The number of carbonyl (C=O) groups excluding carboxylic acids is 1. The Kier molecular flexibility index (Phi) is 3.94. The zero-order valence-corrected chi connectivity index (χ0v) is 17.2. The molecule has 0 heterocycles. The van der Waals surface area contributed by atoms with E-state index >= 15 is 0 Å². The molecule has 0 N–H and O–H groups in total. The van der Waals surface area contributed by atoms with Crippen LogP contribution in [0.15, 0.2) is 47.4 Å². The van der Waals surface area contributed by atoms with Crippen molar-refractivity contribution in [3.05, 3.63) is 64.7 Å². The summed E-state index contributed by atoms with van der Waals surface area (Å²) < 4.78 is 26.6. The highest BCUT2D eigenvalue weighted by atomic mass is 32.2. The Hall–Kier alpha value is -1.94. The SMILES string of the molecule is Cc1cc(C)c(S(=O)(=O)[C@@]23C(=O)CC[C@@H]2[C@]3(C)Cc2ccccc2)c(C)c1. The van der Waals surface area contributed by atoms with Crippen LogP contribution in [0.1, 0.15) is 42.0 Å². The number of sulfone groups is 1. The normalized spacial score (nSPS) is 29.6. The van der Waals surface area contributed by atoms with Crippen molar-refractivity contribution >= 4 is 15.6 Å². The average molecular weight is 383 g/mol. The highest BCUT2D eigenvalue weighted by molar-refractivity contribution is 7.94. The Bertz CT molecular complexity index is 1020. The maximum atomic E-state index is 13.9. The van der Waals surface area contributed by atoms with Crippen LogP contribution in [-0.4, -0.2) is 18.9 Å². The molecule has 0 aromatic heterocycles. The molecule has 27 heavy (non-hydrogen) atoms.